The van der Waals surface area contributed by atoms with E-state index in [1.165, 1.54) is 29.1 Å². The largest absolute Gasteiger partial charge is 0.352 e. The Kier molecular flexibility index (Phi) is 4.88. The third-order valence-corrected chi connectivity index (χ3v) is 4.00. The minimum atomic E-state index is -0.470. The molecular weight excluding hydrogens is 311 g/mol. The number of rotatable bonds is 5. The van der Waals surface area contributed by atoms with Crippen molar-refractivity contribution in [2.45, 2.75) is 38.3 Å². The molecule has 0 unspecified atom stereocenters. The zero-order chi connectivity index (χ0) is 16.9. The Morgan fingerprint density at radius 3 is 2.83 bits per heavy atom. The van der Waals surface area contributed by atoms with Crippen LogP contribution in [0.25, 0.3) is 0 Å². The van der Waals surface area contributed by atoms with E-state index in [1.807, 2.05) is 0 Å². The normalized spacial score (nSPS) is 14.5. The molecule has 2 aromatic rings. The average molecular weight is 330 g/mol. The first-order valence-corrected chi connectivity index (χ1v) is 7.99. The van der Waals surface area contributed by atoms with Crippen LogP contribution in [0.4, 0.5) is 10.1 Å². The lowest BCUT2D eigenvalue weighted by molar-refractivity contribution is -0.122. The highest BCUT2D eigenvalue weighted by molar-refractivity contribution is 6.04. The molecule has 1 aromatic carbocycles. The molecule has 0 aliphatic heterocycles. The zero-order valence-corrected chi connectivity index (χ0v) is 13.2. The van der Waals surface area contributed by atoms with Crippen LogP contribution in [0.2, 0.25) is 0 Å². The number of amides is 2. The van der Waals surface area contributed by atoms with Gasteiger partial charge in [0.15, 0.2) is 0 Å². The molecule has 1 aliphatic rings. The number of aromatic nitrogens is 2. The van der Waals surface area contributed by atoms with Crippen LogP contribution in [0.15, 0.2) is 36.7 Å². The van der Waals surface area contributed by atoms with Crippen molar-refractivity contribution >= 4 is 17.5 Å². The van der Waals surface area contributed by atoms with Gasteiger partial charge in [-0.2, -0.15) is 5.10 Å². The Bertz CT molecular complexity index is 738. The van der Waals surface area contributed by atoms with Crippen molar-refractivity contribution in [3.8, 4) is 0 Å². The minimum absolute atomic E-state index is 0.0898. The summed E-state index contributed by atoms with van der Waals surface area (Å²) in [5.74, 6) is -0.987. The van der Waals surface area contributed by atoms with Gasteiger partial charge in [-0.1, -0.05) is 18.9 Å². The summed E-state index contributed by atoms with van der Waals surface area (Å²) in [6.07, 6.45) is 7.40. The van der Waals surface area contributed by atoms with Crippen LogP contribution in [0.5, 0.6) is 0 Å². The minimum Gasteiger partial charge on any atom is -0.352 e. The molecule has 1 heterocycles. The fraction of sp³-hybridized carbons (Fsp3) is 0.353. The second kappa shape index (κ2) is 7.25. The van der Waals surface area contributed by atoms with Crippen LogP contribution in [0.3, 0.4) is 0 Å². The van der Waals surface area contributed by atoms with Crippen LogP contribution in [-0.4, -0.2) is 27.6 Å². The Balaban J connectivity index is 1.55. The molecule has 1 fully saturated rings. The van der Waals surface area contributed by atoms with Gasteiger partial charge in [-0.25, -0.2) is 4.39 Å². The van der Waals surface area contributed by atoms with Gasteiger partial charge in [0.1, 0.15) is 12.4 Å². The summed E-state index contributed by atoms with van der Waals surface area (Å²) >= 11 is 0. The molecule has 1 aromatic heterocycles. The molecule has 0 saturated heterocycles. The van der Waals surface area contributed by atoms with Crippen LogP contribution in [-0.2, 0) is 11.3 Å². The van der Waals surface area contributed by atoms with Crippen LogP contribution < -0.4 is 10.6 Å². The van der Waals surface area contributed by atoms with E-state index in [-0.39, 0.29) is 24.1 Å². The van der Waals surface area contributed by atoms with Crippen molar-refractivity contribution in [1.29, 1.82) is 0 Å². The van der Waals surface area contributed by atoms with Gasteiger partial charge in [-0.05, 0) is 31.0 Å². The third-order valence-electron chi connectivity index (χ3n) is 4.00. The van der Waals surface area contributed by atoms with Crippen molar-refractivity contribution < 1.29 is 14.0 Å². The quantitative estimate of drug-likeness (QED) is 0.883. The highest BCUT2D eigenvalue weighted by atomic mass is 19.1. The number of anilines is 1. The number of carbonyl (C=O) groups excluding carboxylic acids is 2. The van der Waals surface area contributed by atoms with E-state index in [4.69, 9.17) is 0 Å². The maximum Gasteiger partial charge on any atom is 0.255 e. The number of hydrogen-bond donors (Lipinski definition) is 2. The van der Waals surface area contributed by atoms with Crippen molar-refractivity contribution in [1.82, 2.24) is 15.1 Å². The summed E-state index contributed by atoms with van der Waals surface area (Å²) in [5, 5.41) is 9.67. The monoisotopic (exact) mass is 330 g/mol. The van der Waals surface area contributed by atoms with Gasteiger partial charge in [0.05, 0.1) is 11.9 Å². The fourth-order valence-electron chi connectivity index (χ4n) is 2.84. The number of benzene rings is 1. The molecule has 7 heteroatoms. The van der Waals surface area contributed by atoms with Crippen LogP contribution >= 0.6 is 0 Å². The topological polar surface area (TPSA) is 76.0 Å². The highest BCUT2D eigenvalue weighted by Gasteiger charge is 2.17. The molecule has 0 bridgehead atoms. The molecular formula is C17H19FN4O2. The fourth-order valence-corrected chi connectivity index (χ4v) is 2.84. The average Bonchev–Trinajstić information content (AvgIpc) is 3.19. The molecule has 2 N–H and O–H groups in total. The predicted molar refractivity (Wildman–Crippen MR) is 87.0 cm³/mol. The Morgan fingerprint density at radius 2 is 2.08 bits per heavy atom. The highest BCUT2D eigenvalue weighted by Crippen LogP contribution is 2.17. The Labute approximate surface area is 139 Å². The summed E-state index contributed by atoms with van der Waals surface area (Å²) in [6, 6.07) is 5.70. The number of carbonyl (C=O) groups is 2. The van der Waals surface area contributed by atoms with Gasteiger partial charge >= 0.3 is 0 Å². The molecule has 1 saturated carbocycles. The number of nitrogens with one attached hydrogen (secondary N) is 2. The first-order valence-electron chi connectivity index (χ1n) is 7.99. The number of nitrogens with zero attached hydrogens (tertiary/aromatic N) is 2. The lowest BCUT2D eigenvalue weighted by atomic mass is 10.2. The van der Waals surface area contributed by atoms with Gasteiger partial charge in [0.25, 0.3) is 5.91 Å². The number of hydrogen-bond acceptors (Lipinski definition) is 3. The first-order chi connectivity index (χ1) is 11.6. The van der Waals surface area contributed by atoms with Crippen molar-refractivity contribution in [2.24, 2.45) is 0 Å². The lowest BCUT2D eigenvalue weighted by Crippen LogP contribution is -2.35. The van der Waals surface area contributed by atoms with Crippen molar-refractivity contribution in [3.05, 3.63) is 48.0 Å². The smallest absolute Gasteiger partial charge is 0.255 e. The van der Waals surface area contributed by atoms with Crippen molar-refractivity contribution in [3.63, 3.8) is 0 Å². The molecule has 0 radical (unpaired) electrons. The molecule has 0 spiro atoms. The van der Waals surface area contributed by atoms with E-state index < -0.39 is 11.7 Å². The summed E-state index contributed by atoms with van der Waals surface area (Å²) in [5.41, 5.74) is 0.680. The van der Waals surface area contributed by atoms with Crippen LogP contribution in [0, 0.1) is 5.82 Å². The van der Waals surface area contributed by atoms with E-state index >= 15 is 0 Å². The van der Waals surface area contributed by atoms with Gasteiger partial charge < -0.3 is 10.6 Å². The molecule has 3 rings (SSSR count). The molecule has 126 valence electrons. The maximum absolute atomic E-state index is 13.1. The molecule has 2 amide bonds. The van der Waals surface area contributed by atoms with E-state index in [0.717, 1.165) is 31.7 Å². The molecule has 1 aliphatic carbocycles. The molecule has 6 nitrogen and oxygen atoms in total. The van der Waals surface area contributed by atoms with Crippen molar-refractivity contribution in [2.75, 3.05) is 5.32 Å². The van der Waals surface area contributed by atoms with E-state index in [0.29, 0.717) is 5.69 Å². The molecule has 24 heavy (non-hydrogen) atoms. The Hall–Kier alpha value is -2.70. The standard InChI is InChI=1S/C17H19FN4O2/c18-13-5-3-4-12(8-13)17(24)21-15-9-19-22(10-15)11-16(23)20-14-6-1-2-7-14/h3-5,8-10,14H,1-2,6-7,11H2,(H,20,23)(H,21,24). The first kappa shape index (κ1) is 16.2. The van der Waals surface area contributed by atoms with E-state index in [1.54, 1.807) is 6.20 Å². The van der Waals surface area contributed by atoms with Gasteiger partial charge in [-0.3, -0.25) is 14.3 Å². The van der Waals surface area contributed by atoms with Gasteiger partial charge in [-0.15, -0.1) is 0 Å². The SMILES string of the molecule is O=C(Cn1cc(NC(=O)c2cccc(F)c2)cn1)NC1CCCC1. The predicted octanol–water partition coefficient (Wildman–Crippen LogP) is 2.33. The lowest BCUT2D eigenvalue weighted by Gasteiger charge is -2.11. The Morgan fingerprint density at radius 1 is 1.29 bits per heavy atom. The second-order valence-electron chi connectivity index (χ2n) is 5.94. The van der Waals surface area contributed by atoms with Crippen LogP contribution in [0.1, 0.15) is 36.0 Å². The van der Waals surface area contributed by atoms with Gasteiger partial charge in [0.2, 0.25) is 5.91 Å². The van der Waals surface area contributed by atoms with E-state index in [2.05, 4.69) is 15.7 Å². The van der Waals surface area contributed by atoms with Gasteiger partial charge in [0, 0.05) is 17.8 Å². The summed E-state index contributed by atoms with van der Waals surface area (Å²) < 4.78 is 14.6. The summed E-state index contributed by atoms with van der Waals surface area (Å²) in [6.45, 7) is 0.104. The second-order valence-corrected chi connectivity index (χ2v) is 5.94. The summed E-state index contributed by atoms with van der Waals surface area (Å²) in [7, 11) is 0. The maximum atomic E-state index is 13.1. The zero-order valence-electron chi connectivity index (χ0n) is 13.2. The van der Waals surface area contributed by atoms with E-state index in [9.17, 15) is 14.0 Å². The number of halogens is 1. The summed E-state index contributed by atoms with van der Waals surface area (Å²) in [4.78, 5) is 24.0. The molecule has 0 atom stereocenters. The third kappa shape index (κ3) is 4.18.